The largest absolute Gasteiger partial charge is 0.351 e. The average Bonchev–Trinajstić information content (AvgIpc) is 2.48. The van der Waals surface area contributed by atoms with Gasteiger partial charge < -0.3 is 11.1 Å². The molecule has 0 heterocycles. The fraction of sp³-hybridized carbons (Fsp3) is 0.533. The van der Waals surface area contributed by atoms with Crippen LogP contribution in [0.5, 0.6) is 0 Å². The van der Waals surface area contributed by atoms with Gasteiger partial charge in [0.25, 0.3) is 0 Å². The Kier molecular flexibility index (Phi) is 5.16. The van der Waals surface area contributed by atoms with Crippen molar-refractivity contribution in [3.8, 4) is 0 Å². The van der Waals surface area contributed by atoms with Crippen molar-refractivity contribution in [3.63, 3.8) is 0 Å². The first kappa shape index (κ1) is 15.4. The summed E-state index contributed by atoms with van der Waals surface area (Å²) in [6, 6.07) is 4.72. The lowest BCUT2D eigenvalue weighted by Crippen LogP contribution is -2.46. The van der Waals surface area contributed by atoms with Gasteiger partial charge in [0, 0.05) is 23.1 Å². The van der Waals surface area contributed by atoms with E-state index in [4.69, 9.17) is 5.73 Å². The van der Waals surface area contributed by atoms with E-state index < -0.39 is 5.41 Å². The summed E-state index contributed by atoms with van der Waals surface area (Å²) in [4.78, 5) is 12.4. The minimum atomic E-state index is -0.458. The predicted octanol–water partition coefficient (Wildman–Crippen LogP) is 3.11. The molecule has 0 atom stereocenters. The molecule has 110 valence electrons. The third-order valence-corrected chi connectivity index (χ3v) is 4.62. The topological polar surface area (TPSA) is 55.1 Å². The summed E-state index contributed by atoms with van der Waals surface area (Å²) in [5, 5.41) is 2.85. The number of nitrogens with one attached hydrogen (secondary N) is 1. The molecule has 3 N–H and O–H groups in total. The molecule has 20 heavy (non-hydrogen) atoms. The van der Waals surface area contributed by atoms with Crippen LogP contribution in [-0.2, 0) is 11.3 Å². The van der Waals surface area contributed by atoms with E-state index in [9.17, 15) is 9.18 Å². The van der Waals surface area contributed by atoms with Crippen LogP contribution in [0.4, 0.5) is 4.39 Å². The van der Waals surface area contributed by atoms with Crippen molar-refractivity contribution < 1.29 is 9.18 Å². The van der Waals surface area contributed by atoms with Gasteiger partial charge in [0.1, 0.15) is 5.82 Å². The van der Waals surface area contributed by atoms with Crippen LogP contribution in [0.1, 0.15) is 37.7 Å². The first-order valence-corrected chi connectivity index (χ1v) is 7.79. The summed E-state index contributed by atoms with van der Waals surface area (Å²) >= 11 is 3.30. The molecule has 1 fully saturated rings. The molecular formula is C15H20BrFN2O. The zero-order chi connectivity index (χ0) is 14.6. The Balaban J connectivity index is 2.02. The molecule has 0 spiro atoms. The maximum absolute atomic E-state index is 13.6. The number of nitrogens with two attached hydrogens (primary N) is 1. The molecule has 1 amide bonds. The van der Waals surface area contributed by atoms with Gasteiger partial charge in [-0.3, -0.25) is 4.79 Å². The highest BCUT2D eigenvalue weighted by Crippen LogP contribution is 2.35. The van der Waals surface area contributed by atoms with Crippen LogP contribution in [0, 0.1) is 11.2 Å². The fourth-order valence-corrected chi connectivity index (χ4v) is 3.20. The van der Waals surface area contributed by atoms with Gasteiger partial charge in [0.05, 0.1) is 5.41 Å². The van der Waals surface area contributed by atoms with Crippen LogP contribution in [0.2, 0.25) is 0 Å². The minimum Gasteiger partial charge on any atom is -0.351 e. The molecular weight excluding hydrogens is 323 g/mol. The van der Waals surface area contributed by atoms with Crippen LogP contribution in [0.25, 0.3) is 0 Å². The van der Waals surface area contributed by atoms with Crippen molar-refractivity contribution in [2.45, 2.75) is 38.6 Å². The molecule has 1 aromatic carbocycles. The number of hydrogen-bond acceptors (Lipinski definition) is 2. The third-order valence-electron chi connectivity index (χ3n) is 4.13. The number of carbonyl (C=O) groups is 1. The van der Waals surface area contributed by atoms with Crippen LogP contribution in [0.15, 0.2) is 22.7 Å². The van der Waals surface area contributed by atoms with Gasteiger partial charge in [0.2, 0.25) is 5.91 Å². The van der Waals surface area contributed by atoms with Crippen molar-refractivity contribution >= 4 is 21.8 Å². The molecule has 0 unspecified atom stereocenters. The summed E-state index contributed by atoms with van der Waals surface area (Å²) in [6.45, 7) is 0.561. The SMILES string of the molecule is NCC1(C(=O)NCc2cc(Br)ccc2F)CCCCC1. The Hall–Kier alpha value is -0.940. The van der Waals surface area contributed by atoms with Gasteiger partial charge in [-0.15, -0.1) is 0 Å². The molecule has 1 aliphatic rings. The van der Waals surface area contributed by atoms with Gasteiger partial charge in [-0.05, 0) is 31.0 Å². The van der Waals surface area contributed by atoms with Gasteiger partial charge in [-0.25, -0.2) is 4.39 Å². The highest BCUT2D eigenvalue weighted by molar-refractivity contribution is 9.10. The van der Waals surface area contributed by atoms with E-state index in [1.807, 2.05) is 0 Å². The number of carbonyl (C=O) groups excluding carboxylic acids is 1. The molecule has 0 bridgehead atoms. The fourth-order valence-electron chi connectivity index (χ4n) is 2.79. The molecule has 0 radical (unpaired) electrons. The Labute approximate surface area is 127 Å². The second kappa shape index (κ2) is 6.68. The highest BCUT2D eigenvalue weighted by atomic mass is 79.9. The maximum Gasteiger partial charge on any atom is 0.227 e. The van der Waals surface area contributed by atoms with Crippen LogP contribution >= 0.6 is 15.9 Å². The first-order chi connectivity index (χ1) is 9.57. The molecule has 0 aromatic heterocycles. The normalized spacial score (nSPS) is 17.8. The Morgan fingerprint density at radius 1 is 1.35 bits per heavy atom. The standard InChI is InChI=1S/C15H20BrFN2O/c16-12-4-5-13(17)11(8-12)9-19-14(20)15(10-18)6-2-1-3-7-15/h4-5,8H,1-3,6-7,9-10,18H2,(H,19,20). The summed E-state index contributed by atoms with van der Waals surface area (Å²) in [7, 11) is 0. The first-order valence-electron chi connectivity index (χ1n) is 7.00. The molecule has 1 aromatic rings. The van der Waals surface area contributed by atoms with Crippen molar-refractivity contribution in [1.82, 2.24) is 5.32 Å². The second-order valence-electron chi connectivity index (χ2n) is 5.46. The predicted molar refractivity (Wildman–Crippen MR) is 80.5 cm³/mol. The lowest BCUT2D eigenvalue weighted by atomic mass is 9.73. The quantitative estimate of drug-likeness (QED) is 0.883. The monoisotopic (exact) mass is 342 g/mol. The Bertz CT molecular complexity index is 487. The van der Waals surface area contributed by atoms with E-state index in [0.717, 1.165) is 36.6 Å². The lowest BCUT2D eigenvalue weighted by molar-refractivity contribution is -0.132. The van der Waals surface area contributed by atoms with E-state index >= 15 is 0 Å². The zero-order valence-electron chi connectivity index (χ0n) is 11.4. The summed E-state index contributed by atoms with van der Waals surface area (Å²) < 4.78 is 14.4. The smallest absolute Gasteiger partial charge is 0.227 e. The summed E-state index contributed by atoms with van der Waals surface area (Å²) in [5.41, 5.74) is 5.84. The van der Waals surface area contributed by atoms with E-state index in [1.54, 1.807) is 12.1 Å². The van der Waals surface area contributed by atoms with E-state index in [1.165, 1.54) is 6.07 Å². The van der Waals surface area contributed by atoms with Gasteiger partial charge in [-0.2, -0.15) is 0 Å². The molecule has 3 nitrogen and oxygen atoms in total. The van der Waals surface area contributed by atoms with Crippen LogP contribution in [-0.4, -0.2) is 12.5 Å². The van der Waals surface area contributed by atoms with E-state index in [-0.39, 0.29) is 18.3 Å². The molecule has 0 saturated heterocycles. The summed E-state index contributed by atoms with van der Waals surface area (Å²) in [6.07, 6.45) is 4.90. The van der Waals surface area contributed by atoms with Crippen molar-refractivity contribution in [3.05, 3.63) is 34.1 Å². The van der Waals surface area contributed by atoms with Gasteiger partial charge in [0.15, 0.2) is 0 Å². The number of rotatable bonds is 4. The number of hydrogen-bond donors (Lipinski definition) is 2. The van der Waals surface area contributed by atoms with Crippen molar-refractivity contribution in [1.29, 1.82) is 0 Å². The summed E-state index contributed by atoms with van der Waals surface area (Å²) in [5.74, 6) is -0.349. The van der Waals surface area contributed by atoms with Gasteiger partial charge >= 0.3 is 0 Å². The highest BCUT2D eigenvalue weighted by Gasteiger charge is 2.37. The van der Waals surface area contributed by atoms with Crippen LogP contribution in [0.3, 0.4) is 0 Å². The number of benzene rings is 1. The van der Waals surface area contributed by atoms with Crippen molar-refractivity contribution in [2.75, 3.05) is 6.54 Å². The lowest BCUT2D eigenvalue weighted by Gasteiger charge is -2.34. The van der Waals surface area contributed by atoms with E-state index in [0.29, 0.717) is 12.1 Å². The third kappa shape index (κ3) is 3.38. The number of halogens is 2. The molecule has 1 aliphatic carbocycles. The Morgan fingerprint density at radius 2 is 2.05 bits per heavy atom. The number of amides is 1. The van der Waals surface area contributed by atoms with Gasteiger partial charge in [-0.1, -0.05) is 35.2 Å². The molecule has 1 saturated carbocycles. The van der Waals surface area contributed by atoms with Crippen molar-refractivity contribution in [2.24, 2.45) is 11.1 Å². The minimum absolute atomic E-state index is 0.0425. The maximum atomic E-state index is 13.6. The molecule has 0 aliphatic heterocycles. The zero-order valence-corrected chi connectivity index (χ0v) is 13.0. The molecule has 5 heteroatoms. The van der Waals surface area contributed by atoms with E-state index in [2.05, 4.69) is 21.2 Å². The second-order valence-corrected chi connectivity index (χ2v) is 6.38. The Morgan fingerprint density at radius 3 is 2.70 bits per heavy atom. The van der Waals surface area contributed by atoms with Crippen LogP contribution < -0.4 is 11.1 Å². The molecule has 2 rings (SSSR count). The average molecular weight is 343 g/mol.